The fourth-order valence-corrected chi connectivity index (χ4v) is 3.66. The van der Waals surface area contributed by atoms with Gasteiger partial charge in [-0.2, -0.15) is 13.2 Å². The monoisotopic (exact) mass is 452 g/mol. The number of hydrogen-bond acceptors (Lipinski definition) is 5. The summed E-state index contributed by atoms with van der Waals surface area (Å²) in [6.07, 6.45) is -6.42. The molecule has 1 atom stereocenters. The van der Waals surface area contributed by atoms with E-state index < -0.39 is 29.4 Å². The predicted octanol–water partition coefficient (Wildman–Crippen LogP) is 3.93. The molecule has 0 radical (unpaired) electrons. The Morgan fingerprint density at radius 1 is 1.23 bits per heavy atom. The molecule has 1 aromatic heterocycles. The number of rotatable bonds is 3. The minimum Gasteiger partial charge on any atom is -0.530 e. The van der Waals surface area contributed by atoms with E-state index in [1.807, 2.05) is 0 Å². The highest BCUT2D eigenvalue weighted by Crippen LogP contribution is 2.39. The van der Waals surface area contributed by atoms with E-state index in [0.29, 0.717) is 0 Å². The lowest BCUT2D eigenvalue weighted by molar-refractivity contribution is -0.264. The lowest BCUT2D eigenvalue weighted by Crippen LogP contribution is -2.40. The first-order chi connectivity index (χ1) is 14.6. The second-order valence-corrected chi connectivity index (χ2v) is 7.45. The van der Waals surface area contributed by atoms with Gasteiger partial charge < -0.3 is 24.0 Å². The minimum atomic E-state index is -4.63. The van der Waals surface area contributed by atoms with Crippen LogP contribution in [0, 0.1) is 0 Å². The average molecular weight is 453 g/mol. The Bertz CT molecular complexity index is 1220. The van der Waals surface area contributed by atoms with Crippen molar-refractivity contribution >= 4 is 28.7 Å². The first kappa shape index (κ1) is 21.0. The van der Waals surface area contributed by atoms with Gasteiger partial charge in [-0.05, 0) is 30.3 Å². The van der Waals surface area contributed by atoms with E-state index in [-0.39, 0.29) is 52.6 Å². The molecule has 2 aromatic carbocycles. The number of ether oxygens (including phenoxy) is 1. The summed E-state index contributed by atoms with van der Waals surface area (Å²) in [6, 6.07) is 8.56. The molecule has 1 saturated heterocycles. The summed E-state index contributed by atoms with van der Waals surface area (Å²) >= 11 is 6.12. The summed E-state index contributed by atoms with van der Waals surface area (Å²) < 4.78 is 51.3. The van der Waals surface area contributed by atoms with Crippen molar-refractivity contribution in [1.29, 1.82) is 0 Å². The van der Waals surface area contributed by atoms with Crippen LogP contribution in [0.25, 0.3) is 22.3 Å². The number of carboxylic acid groups (broad SMARTS) is 1. The van der Waals surface area contributed by atoms with Gasteiger partial charge in [0, 0.05) is 19.0 Å². The number of para-hydroxylation sites is 1. The number of carbonyl (C=O) groups excluding carboxylic acids is 1. The Labute approximate surface area is 178 Å². The Balaban J connectivity index is 1.80. The van der Waals surface area contributed by atoms with Crippen LogP contribution in [0.3, 0.4) is 0 Å². The van der Waals surface area contributed by atoms with Crippen molar-refractivity contribution in [2.45, 2.75) is 18.7 Å². The second-order valence-electron chi connectivity index (χ2n) is 7.04. The van der Waals surface area contributed by atoms with E-state index in [0.717, 1.165) is 29.2 Å². The van der Waals surface area contributed by atoms with E-state index in [9.17, 15) is 27.9 Å². The first-order valence-electron chi connectivity index (χ1n) is 9.20. The number of benzene rings is 2. The zero-order chi connectivity index (χ0) is 22.3. The Morgan fingerprint density at radius 3 is 2.68 bits per heavy atom. The summed E-state index contributed by atoms with van der Waals surface area (Å²) in [4.78, 5) is 24.5. The fourth-order valence-electron chi connectivity index (χ4n) is 3.45. The van der Waals surface area contributed by atoms with Gasteiger partial charge in [-0.1, -0.05) is 17.7 Å². The zero-order valence-corrected chi connectivity index (χ0v) is 16.5. The summed E-state index contributed by atoms with van der Waals surface area (Å²) in [5, 5.41) is 11.4. The van der Waals surface area contributed by atoms with Gasteiger partial charge in [0.1, 0.15) is 23.7 Å². The molecule has 31 heavy (non-hydrogen) atoms. The highest BCUT2D eigenvalue weighted by molar-refractivity contribution is 6.34. The van der Waals surface area contributed by atoms with Crippen LogP contribution >= 0.6 is 11.6 Å². The quantitative estimate of drug-likeness (QED) is 0.601. The number of likely N-dealkylation sites (tertiary alicyclic amines) is 1. The third-order valence-electron chi connectivity index (χ3n) is 4.98. The number of hydrogen-bond donors (Lipinski definition) is 0. The molecule has 0 N–H and O–H groups in total. The normalized spacial score (nSPS) is 16.6. The summed E-state index contributed by atoms with van der Waals surface area (Å²) in [7, 11) is 0. The third kappa shape index (κ3) is 4.18. The van der Waals surface area contributed by atoms with Crippen molar-refractivity contribution in [1.82, 2.24) is 4.90 Å². The maximum Gasteiger partial charge on any atom is 0.416 e. The molecule has 0 spiro atoms. The number of fused-ring (bicyclic) bond motifs is 1. The van der Waals surface area contributed by atoms with Crippen molar-refractivity contribution in [2.24, 2.45) is 0 Å². The molecule has 0 aliphatic carbocycles. The first-order valence-corrected chi connectivity index (χ1v) is 9.58. The molecule has 0 unspecified atom stereocenters. The number of nitrogens with zero attached hydrogens (tertiary/aromatic N) is 1. The van der Waals surface area contributed by atoms with E-state index in [4.69, 9.17) is 20.8 Å². The number of halogens is 4. The van der Waals surface area contributed by atoms with E-state index in [1.165, 1.54) is 12.1 Å². The Morgan fingerprint density at radius 2 is 2.00 bits per heavy atom. The van der Waals surface area contributed by atoms with Gasteiger partial charge >= 0.3 is 6.18 Å². The van der Waals surface area contributed by atoms with E-state index in [1.54, 1.807) is 6.07 Å². The van der Waals surface area contributed by atoms with Gasteiger partial charge in [0.25, 0.3) is 0 Å². The lowest BCUT2D eigenvalue weighted by atomic mass is 10.1. The molecule has 3 aromatic rings. The second kappa shape index (κ2) is 7.81. The average Bonchev–Trinajstić information content (AvgIpc) is 3.17. The molecule has 0 saturated carbocycles. The fraction of sp³-hybridized carbons (Fsp3) is 0.238. The lowest BCUT2D eigenvalue weighted by Gasteiger charge is -2.20. The molecule has 1 aliphatic heterocycles. The maximum absolute atomic E-state index is 13.3. The van der Waals surface area contributed by atoms with Crippen LogP contribution in [-0.4, -0.2) is 30.2 Å². The van der Waals surface area contributed by atoms with Gasteiger partial charge in [-0.3, -0.25) is 4.79 Å². The van der Waals surface area contributed by atoms with Crippen LogP contribution in [0.5, 0.6) is 5.75 Å². The molecule has 0 bridgehead atoms. The number of alkyl halides is 3. The molecule has 2 heterocycles. The zero-order valence-electron chi connectivity index (χ0n) is 15.7. The number of amides is 1. The van der Waals surface area contributed by atoms with E-state index in [2.05, 4.69) is 0 Å². The predicted molar refractivity (Wildman–Crippen MR) is 104 cm³/mol. The minimum absolute atomic E-state index is 0.0240. The molecule has 10 heteroatoms. The third-order valence-corrected chi connectivity index (χ3v) is 5.28. The summed E-state index contributed by atoms with van der Waals surface area (Å²) in [6.45, 7) is 0.0908. The van der Waals surface area contributed by atoms with Crippen LogP contribution in [0.4, 0.5) is 18.0 Å². The van der Waals surface area contributed by atoms with Crippen LogP contribution in [-0.2, 0) is 6.18 Å². The molecular weight excluding hydrogens is 439 g/mol. The van der Waals surface area contributed by atoms with Crippen molar-refractivity contribution in [3.8, 4) is 17.1 Å². The molecule has 1 fully saturated rings. The Kier molecular flexibility index (Phi) is 5.30. The highest BCUT2D eigenvalue weighted by atomic mass is 35.5. The topological polar surface area (TPSA) is 82.8 Å². The number of carbonyl (C=O) groups is 1. The SMILES string of the molecule is O=C([O-])N1CC[C@H](Oc2cc(C(F)(F)F)ccc2-c2cc(=O)c3cccc(Cl)c3o2)C1. The van der Waals surface area contributed by atoms with Gasteiger partial charge in [0.15, 0.2) is 11.0 Å². The summed E-state index contributed by atoms with van der Waals surface area (Å²) in [5.41, 5.74) is -1.17. The van der Waals surface area contributed by atoms with Crippen molar-refractivity contribution < 1.29 is 32.2 Å². The summed E-state index contributed by atoms with van der Waals surface area (Å²) in [5.74, 6) is -0.210. The van der Waals surface area contributed by atoms with Crippen molar-refractivity contribution in [3.63, 3.8) is 0 Å². The molecule has 4 rings (SSSR count). The Hall–Kier alpha value is -3.20. The van der Waals surface area contributed by atoms with Gasteiger partial charge in [-0.15, -0.1) is 0 Å². The van der Waals surface area contributed by atoms with E-state index >= 15 is 0 Å². The molecule has 1 aliphatic rings. The molecule has 6 nitrogen and oxygen atoms in total. The molecular formula is C21H14ClF3NO5-. The van der Waals surface area contributed by atoms with Gasteiger partial charge in [0.2, 0.25) is 0 Å². The van der Waals surface area contributed by atoms with Crippen LogP contribution in [0.15, 0.2) is 51.7 Å². The molecule has 1 amide bonds. The van der Waals surface area contributed by atoms with Crippen molar-refractivity contribution in [3.05, 3.63) is 63.3 Å². The maximum atomic E-state index is 13.3. The standard InChI is InChI=1S/C21H15ClF3NO5/c22-15-3-1-2-13-16(27)9-18(31-19(13)15)14-5-4-11(21(23,24)25)8-17(14)30-12-6-7-26(10-12)20(28)29/h1-5,8-9,12H,6-7,10H2,(H,28,29)/p-1/t12-/m0/s1. The van der Waals surface area contributed by atoms with Crippen LogP contribution in [0.1, 0.15) is 12.0 Å². The highest BCUT2D eigenvalue weighted by Gasteiger charge is 2.33. The van der Waals surface area contributed by atoms with Crippen LogP contribution in [0.2, 0.25) is 5.02 Å². The molecule has 162 valence electrons. The van der Waals surface area contributed by atoms with Crippen LogP contribution < -0.4 is 15.3 Å². The van der Waals surface area contributed by atoms with Gasteiger partial charge in [-0.25, -0.2) is 0 Å². The van der Waals surface area contributed by atoms with Gasteiger partial charge in [0.05, 0.1) is 28.1 Å². The largest absolute Gasteiger partial charge is 0.530 e. The van der Waals surface area contributed by atoms with Crippen molar-refractivity contribution in [2.75, 3.05) is 13.1 Å². The smallest absolute Gasteiger partial charge is 0.416 e.